The van der Waals surface area contributed by atoms with E-state index in [1.165, 1.54) is 11.8 Å². The summed E-state index contributed by atoms with van der Waals surface area (Å²) in [5, 5.41) is 0.619. The normalized spacial score (nSPS) is 16.3. The van der Waals surface area contributed by atoms with E-state index in [9.17, 15) is 13.6 Å². The van der Waals surface area contributed by atoms with Crippen molar-refractivity contribution in [3.05, 3.63) is 33.8 Å². The number of thioether (sulfide) groups is 1. The van der Waals surface area contributed by atoms with Gasteiger partial charge in [-0.15, -0.1) is 11.8 Å². The molecule has 126 valence electrons. The van der Waals surface area contributed by atoms with Crippen molar-refractivity contribution < 1.29 is 18.3 Å². The fourth-order valence-electron chi connectivity index (χ4n) is 2.12. The highest BCUT2D eigenvalue weighted by Gasteiger charge is 2.30. The Labute approximate surface area is 147 Å². The Morgan fingerprint density at radius 3 is 2.70 bits per heavy atom. The molecular weight excluding hydrogens is 388 g/mol. The third-order valence-electron chi connectivity index (χ3n) is 3.45. The molecule has 1 aliphatic carbocycles. The first-order valence-electron chi connectivity index (χ1n) is 7.38. The van der Waals surface area contributed by atoms with Crippen molar-refractivity contribution in [2.24, 2.45) is 10.9 Å². The standard InChI is InChI=1S/C16H18BrF2NO2S/c1-3-22-16(21)11(15(23-2)20-10-4-5-10)6-9-7-14(19)12(17)8-13(9)18/h7-8,10-11H,3-6H2,1-2H3. The number of hydrogen-bond donors (Lipinski definition) is 0. The Morgan fingerprint density at radius 1 is 1.43 bits per heavy atom. The Kier molecular flexibility index (Phi) is 6.59. The molecule has 1 fully saturated rings. The lowest BCUT2D eigenvalue weighted by molar-refractivity contribution is -0.145. The molecule has 0 spiro atoms. The molecule has 1 unspecified atom stereocenters. The largest absolute Gasteiger partial charge is 0.465 e. The minimum absolute atomic E-state index is 0.0290. The SMILES string of the molecule is CCOC(=O)C(Cc1cc(F)c(Br)cc1F)C(=NC1CC1)SC. The van der Waals surface area contributed by atoms with Crippen LogP contribution in [0.2, 0.25) is 0 Å². The van der Waals surface area contributed by atoms with Gasteiger partial charge in [0, 0.05) is 0 Å². The van der Waals surface area contributed by atoms with Crippen molar-refractivity contribution in [1.82, 2.24) is 0 Å². The number of benzene rings is 1. The van der Waals surface area contributed by atoms with Crippen molar-refractivity contribution in [3.63, 3.8) is 0 Å². The molecule has 23 heavy (non-hydrogen) atoms. The molecule has 0 amide bonds. The molecule has 1 aromatic rings. The van der Waals surface area contributed by atoms with Crippen molar-refractivity contribution in [1.29, 1.82) is 0 Å². The second-order valence-corrected chi connectivity index (χ2v) is 6.95. The van der Waals surface area contributed by atoms with Crippen molar-refractivity contribution in [2.75, 3.05) is 12.9 Å². The van der Waals surface area contributed by atoms with Gasteiger partial charge in [0.15, 0.2) is 0 Å². The van der Waals surface area contributed by atoms with Gasteiger partial charge >= 0.3 is 5.97 Å². The van der Waals surface area contributed by atoms with Crippen LogP contribution in [-0.4, -0.2) is 29.9 Å². The summed E-state index contributed by atoms with van der Waals surface area (Å²) in [6.45, 7) is 1.95. The first-order chi connectivity index (χ1) is 11.0. The smallest absolute Gasteiger partial charge is 0.315 e. The number of halogens is 3. The lowest BCUT2D eigenvalue weighted by atomic mass is 9.99. The van der Waals surface area contributed by atoms with E-state index in [2.05, 4.69) is 20.9 Å². The zero-order chi connectivity index (χ0) is 17.0. The van der Waals surface area contributed by atoms with Gasteiger partial charge in [-0.1, -0.05) is 0 Å². The van der Waals surface area contributed by atoms with E-state index in [0.717, 1.165) is 25.0 Å². The summed E-state index contributed by atoms with van der Waals surface area (Å²) < 4.78 is 32.9. The predicted molar refractivity (Wildman–Crippen MR) is 91.9 cm³/mol. The maximum Gasteiger partial charge on any atom is 0.315 e. The van der Waals surface area contributed by atoms with Crippen LogP contribution in [0.1, 0.15) is 25.3 Å². The third-order valence-corrected chi connectivity index (χ3v) is 4.86. The van der Waals surface area contributed by atoms with Crippen LogP contribution in [0.4, 0.5) is 8.78 Å². The molecule has 0 N–H and O–H groups in total. The molecule has 0 saturated heterocycles. The molecule has 1 aromatic carbocycles. The van der Waals surface area contributed by atoms with Gasteiger partial charge in [0.2, 0.25) is 0 Å². The number of ether oxygens (including phenoxy) is 1. The first kappa shape index (κ1) is 18.4. The van der Waals surface area contributed by atoms with E-state index < -0.39 is 23.5 Å². The number of hydrogen-bond acceptors (Lipinski definition) is 4. The van der Waals surface area contributed by atoms with E-state index >= 15 is 0 Å². The Morgan fingerprint density at radius 2 is 2.13 bits per heavy atom. The van der Waals surface area contributed by atoms with Crippen LogP contribution < -0.4 is 0 Å². The van der Waals surface area contributed by atoms with Crippen LogP contribution in [-0.2, 0) is 16.0 Å². The van der Waals surface area contributed by atoms with Crippen LogP contribution in [0.5, 0.6) is 0 Å². The summed E-state index contributed by atoms with van der Waals surface area (Å²) in [5.41, 5.74) is 0.140. The van der Waals surface area contributed by atoms with Gasteiger partial charge in [-0.3, -0.25) is 9.79 Å². The quantitative estimate of drug-likeness (QED) is 0.305. The predicted octanol–water partition coefficient (Wildman–Crippen LogP) is 4.37. The van der Waals surface area contributed by atoms with Gasteiger partial charge in [-0.05, 0) is 66.1 Å². The zero-order valence-electron chi connectivity index (χ0n) is 12.9. The van der Waals surface area contributed by atoms with Crippen LogP contribution in [0.15, 0.2) is 21.6 Å². The lowest BCUT2D eigenvalue weighted by Gasteiger charge is -2.17. The van der Waals surface area contributed by atoms with Crippen LogP contribution in [0.3, 0.4) is 0 Å². The third kappa shape index (κ3) is 5.01. The minimum Gasteiger partial charge on any atom is -0.465 e. The molecule has 0 aromatic heterocycles. The van der Waals surface area contributed by atoms with E-state index in [0.29, 0.717) is 5.04 Å². The number of carbonyl (C=O) groups excluding carboxylic acids is 1. The average Bonchev–Trinajstić information content (AvgIpc) is 3.32. The average molecular weight is 406 g/mol. The summed E-state index contributed by atoms with van der Waals surface area (Å²) in [6.07, 6.45) is 3.86. The molecule has 0 radical (unpaired) electrons. The summed E-state index contributed by atoms with van der Waals surface area (Å²) in [6, 6.07) is 2.42. The van der Waals surface area contributed by atoms with Gasteiger partial charge in [-0.25, -0.2) is 8.78 Å². The van der Waals surface area contributed by atoms with E-state index in [4.69, 9.17) is 4.74 Å². The van der Waals surface area contributed by atoms with E-state index in [-0.39, 0.29) is 29.1 Å². The molecule has 0 aliphatic heterocycles. The fourth-order valence-corrected chi connectivity index (χ4v) is 3.16. The number of carbonyl (C=O) groups is 1. The Hall–Kier alpha value is -0.950. The van der Waals surface area contributed by atoms with Crippen LogP contribution >= 0.6 is 27.7 Å². The summed E-state index contributed by atoms with van der Waals surface area (Å²) >= 11 is 4.31. The van der Waals surface area contributed by atoms with Gasteiger partial charge < -0.3 is 4.74 Å². The zero-order valence-corrected chi connectivity index (χ0v) is 15.3. The molecule has 1 aliphatic rings. The van der Waals surface area contributed by atoms with E-state index in [1.807, 2.05) is 6.26 Å². The van der Waals surface area contributed by atoms with Gasteiger partial charge in [0.05, 0.1) is 22.2 Å². The summed E-state index contributed by atoms with van der Waals surface area (Å²) in [5.74, 6) is -2.28. The van der Waals surface area contributed by atoms with E-state index in [1.54, 1.807) is 6.92 Å². The number of aliphatic imine (C=N–C) groups is 1. The highest BCUT2D eigenvalue weighted by atomic mass is 79.9. The summed E-state index contributed by atoms with van der Waals surface area (Å²) in [7, 11) is 0. The first-order valence-corrected chi connectivity index (χ1v) is 9.39. The Balaban J connectivity index is 2.30. The molecule has 2 rings (SSSR count). The van der Waals surface area contributed by atoms with Gasteiger partial charge in [0.25, 0.3) is 0 Å². The summed E-state index contributed by atoms with van der Waals surface area (Å²) in [4.78, 5) is 16.8. The second-order valence-electron chi connectivity index (χ2n) is 5.27. The monoisotopic (exact) mass is 405 g/mol. The highest BCUT2D eigenvalue weighted by molar-refractivity contribution is 9.10. The molecule has 0 heterocycles. The Bertz CT molecular complexity index is 620. The lowest BCUT2D eigenvalue weighted by Crippen LogP contribution is -2.27. The molecule has 1 saturated carbocycles. The maximum atomic E-state index is 14.1. The second kappa shape index (κ2) is 8.24. The van der Waals surface area contributed by atoms with Crippen LogP contribution in [0.25, 0.3) is 0 Å². The molecule has 1 atom stereocenters. The van der Waals surface area contributed by atoms with Crippen molar-refractivity contribution in [2.45, 2.75) is 32.2 Å². The maximum absolute atomic E-state index is 14.1. The topological polar surface area (TPSA) is 38.7 Å². The highest BCUT2D eigenvalue weighted by Crippen LogP contribution is 2.29. The molecule has 0 bridgehead atoms. The number of nitrogens with zero attached hydrogens (tertiary/aromatic N) is 1. The minimum atomic E-state index is -0.708. The molecule has 3 nitrogen and oxygen atoms in total. The van der Waals surface area contributed by atoms with Crippen molar-refractivity contribution >= 4 is 38.7 Å². The number of esters is 1. The molecular formula is C16H18BrF2NO2S. The van der Waals surface area contributed by atoms with Crippen molar-refractivity contribution in [3.8, 4) is 0 Å². The van der Waals surface area contributed by atoms with Gasteiger partial charge in [0.1, 0.15) is 17.6 Å². The molecule has 7 heteroatoms. The van der Waals surface area contributed by atoms with Gasteiger partial charge in [-0.2, -0.15) is 0 Å². The fraction of sp³-hybridized carbons (Fsp3) is 0.500. The number of rotatable bonds is 6. The van der Waals surface area contributed by atoms with Crippen LogP contribution in [0, 0.1) is 17.6 Å².